The molecule has 124 valence electrons. The summed E-state index contributed by atoms with van der Waals surface area (Å²) in [5, 5.41) is 0. The number of nitrogens with zero attached hydrogens (tertiary/aromatic N) is 4. The summed E-state index contributed by atoms with van der Waals surface area (Å²) in [6, 6.07) is 0. The Kier molecular flexibility index (Phi) is 6.39. The standard InChI is InChI=1S/C16H28N4O2/c1-4-19-9-7-17-16(19)14-6-5-8-20(12-14)15(21)13-18(2)10-11-22-3/h7,9,14H,4-6,8,10-13H2,1-3H3/t14-/m0/s1. The van der Waals surface area contributed by atoms with Gasteiger partial charge in [0.1, 0.15) is 5.82 Å². The zero-order chi connectivity index (χ0) is 15.9. The minimum absolute atomic E-state index is 0.206. The number of imidazole rings is 1. The number of amides is 1. The zero-order valence-corrected chi connectivity index (χ0v) is 14.0. The molecular weight excluding hydrogens is 280 g/mol. The van der Waals surface area contributed by atoms with Gasteiger partial charge in [0.2, 0.25) is 5.91 Å². The van der Waals surface area contributed by atoms with E-state index in [9.17, 15) is 4.79 Å². The van der Waals surface area contributed by atoms with E-state index in [2.05, 4.69) is 16.5 Å². The van der Waals surface area contributed by atoms with Gasteiger partial charge < -0.3 is 14.2 Å². The highest BCUT2D eigenvalue weighted by atomic mass is 16.5. The highest BCUT2D eigenvalue weighted by molar-refractivity contribution is 5.78. The summed E-state index contributed by atoms with van der Waals surface area (Å²) in [6.07, 6.45) is 6.04. The molecule has 1 fully saturated rings. The second kappa shape index (κ2) is 8.29. The van der Waals surface area contributed by atoms with Gasteiger partial charge in [-0.25, -0.2) is 4.98 Å². The van der Waals surface area contributed by atoms with Crippen LogP contribution in [0, 0.1) is 0 Å². The summed E-state index contributed by atoms with van der Waals surface area (Å²) in [4.78, 5) is 21.0. The zero-order valence-electron chi connectivity index (χ0n) is 14.0. The van der Waals surface area contributed by atoms with Crippen LogP contribution in [0.2, 0.25) is 0 Å². The molecule has 0 aromatic carbocycles. The molecule has 1 amide bonds. The van der Waals surface area contributed by atoms with E-state index in [4.69, 9.17) is 4.74 Å². The van der Waals surface area contributed by atoms with Gasteiger partial charge in [-0.15, -0.1) is 0 Å². The number of aromatic nitrogens is 2. The molecule has 6 heteroatoms. The molecule has 0 radical (unpaired) electrons. The first kappa shape index (κ1) is 17.0. The van der Waals surface area contributed by atoms with Gasteiger partial charge in [0.25, 0.3) is 0 Å². The Morgan fingerprint density at radius 3 is 3.09 bits per heavy atom. The van der Waals surface area contributed by atoms with Crippen molar-refractivity contribution in [2.45, 2.75) is 32.2 Å². The van der Waals surface area contributed by atoms with Crippen molar-refractivity contribution in [1.29, 1.82) is 0 Å². The molecule has 0 N–H and O–H groups in total. The van der Waals surface area contributed by atoms with Gasteiger partial charge in [0.05, 0.1) is 13.2 Å². The quantitative estimate of drug-likeness (QED) is 0.759. The van der Waals surface area contributed by atoms with Crippen LogP contribution in [0.3, 0.4) is 0 Å². The molecule has 1 aliphatic heterocycles. The van der Waals surface area contributed by atoms with Gasteiger partial charge >= 0.3 is 0 Å². The fraction of sp³-hybridized carbons (Fsp3) is 0.750. The van der Waals surface area contributed by atoms with Gasteiger partial charge in [-0.3, -0.25) is 9.69 Å². The molecule has 0 aliphatic carbocycles. The van der Waals surface area contributed by atoms with Crippen LogP contribution in [-0.2, 0) is 16.1 Å². The van der Waals surface area contributed by atoms with Crippen LogP contribution in [0.5, 0.6) is 0 Å². The SMILES string of the molecule is CCn1ccnc1[C@H]1CCCN(C(=O)CN(C)CCOC)C1. The summed E-state index contributed by atoms with van der Waals surface area (Å²) in [6.45, 7) is 6.59. The lowest BCUT2D eigenvalue weighted by Gasteiger charge is -2.33. The highest BCUT2D eigenvalue weighted by Crippen LogP contribution is 2.25. The molecule has 1 aromatic heterocycles. The minimum Gasteiger partial charge on any atom is -0.383 e. The van der Waals surface area contributed by atoms with E-state index in [-0.39, 0.29) is 5.91 Å². The van der Waals surface area contributed by atoms with Crippen molar-refractivity contribution in [3.8, 4) is 0 Å². The van der Waals surface area contributed by atoms with E-state index in [1.165, 1.54) is 0 Å². The number of ether oxygens (including phenoxy) is 1. The molecule has 0 saturated carbocycles. The molecule has 0 spiro atoms. The smallest absolute Gasteiger partial charge is 0.236 e. The Labute approximate surface area is 133 Å². The van der Waals surface area contributed by atoms with Crippen molar-refractivity contribution >= 4 is 5.91 Å². The molecule has 1 atom stereocenters. The Balaban J connectivity index is 1.91. The van der Waals surface area contributed by atoms with Crippen molar-refractivity contribution in [3.05, 3.63) is 18.2 Å². The average Bonchev–Trinajstić information content (AvgIpc) is 3.01. The van der Waals surface area contributed by atoms with Crippen LogP contribution in [0.4, 0.5) is 0 Å². The number of carbonyl (C=O) groups excluding carboxylic acids is 1. The summed E-state index contributed by atoms with van der Waals surface area (Å²) in [7, 11) is 3.64. The lowest BCUT2D eigenvalue weighted by molar-refractivity contribution is -0.133. The fourth-order valence-corrected chi connectivity index (χ4v) is 3.02. The van der Waals surface area contributed by atoms with E-state index < -0.39 is 0 Å². The molecular formula is C16H28N4O2. The fourth-order valence-electron chi connectivity index (χ4n) is 3.02. The van der Waals surface area contributed by atoms with E-state index in [1.54, 1.807) is 7.11 Å². The molecule has 1 aromatic rings. The van der Waals surface area contributed by atoms with Crippen LogP contribution >= 0.6 is 0 Å². The first-order chi connectivity index (χ1) is 10.7. The Bertz CT molecular complexity index is 474. The molecule has 1 aliphatic rings. The predicted molar refractivity (Wildman–Crippen MR) is 85.8 cm³/mol. The monoisotopic (exact) mass is 308 g/mol. The Hall–Kier alpha value is -1.40. The number of hydrogen-bond donors (Lipinski definition) is 0. The third-order valence-electron chi connectivity index (χ3n) is 4.31. The van der Waals surface area contributed by atoms with Gasteiger partial charge in [0, 0.05) is 51.6 Å². The first-order valence-electron chi connectivity index (χ1n) is 8.12. The van der Waals surface area contributed by atoms with Crippen molar-refractivity contribution in [1.82, 2.24) is 19.4 Å². The molecule has 6 nitrogen and oxygen atoms in total. The van der Waals surface area contributed by atoms with Crippen LogP contribution in [-0.4, -0.2) is 72.2 Å². The average molecular weight is 308 g/mol. The topological polar surface area (TPSA) is 50.6 Å². The molecule has 0 bridgehead atoms. The van der Waals surface area contributed by atoms with Crippen LogP contribution < -0.4 is 0 Å². The molecule has 2 rings (SSSR count). The number of carbonyl (C=O) groups is 1. The molecule has 1 saturated heterocycles. The number of piperidine rings is 1. The predicted octanol–water partition coefficient (Wildman–Crippen LogP) is 1.19. The van der Waals surface area contributed by atoms with E-state index in [0.717, 1.165) is 44.8 Å². The van der Waals surface area contributed by atoms with Crippen LogP contribution in [0.1, 0.15) is 31.5 Å². The maximum Gasteiger partial charge on any atom is 0.236 e. The molecule has 22 heavy (non-hydrogen) atoms. The number of likely N-dealkylation sites (tertiary alicyclic amines) is 1. The normalized spacial score (nSPS) is 18.9. The lowest BCUT2D eigenvalue weighted by atomic mass is 9.97. The number of aryl methyl sites for hydroxylation is 1. The Morgan fingerprint density at radius 1 is 1.55 bits per heavy atom. The van der Waals surface area contributed by atoms with E-state index in [0.29, 0.717) is 19.1 Å². The van der Waals surface area contributed by atoms with Crippen molar-refractivity contribution < 1.29 is 9.53 Å². The largest absolute Gasteiger partial charge is 0.383 e. The minimum atomic E-state index is 0.206. The van der Waals surface area contributed by atoms with Crippen molar-refractivity contribution in [3.63, 3.8) is 0 Å². The second-order valence-corrected chi connectivity index (χ2v) is 5.98. The van der Waals surface area contributed by atoms with Crippen LogP contribution in [0.15, 0.2) is 12.4 Å². The van der Waals surface area contributed by atoms with Gasteiger partial charge in [-0.1, -0.05) is 0 Å². The van der Waals surface area contributed by atoms with E-state index in [1.807, 2.05) is 29.2 Å². The summed E-state index contributed by atoms with van der Waals surface area (Å²) >= 11 is 0. The molecule has 0 unspecified atom stereocenters. The summed E-state index contributed by atoms with van der Waals surface area (Å²) < 4.78 is 7.24. The van der Waals surface area contributed by atoms with Crippen molar-refractivity contribution in [2.24, 2.45) is 0 Å². The number of hydrogen-bond acceptors (Lipinski definition) is 4. The maximum atomic E-state index is 12.5. The number of methoxy groups -OCH3 is 1. The van der Waals surface area contributed by atoms with Crippen LogP contribution in [0.25, 0.3) is 0 Å². The van der Waals surface area contributed by atoms with Gasteiger partial charge in [0.15, 0.2) is 0 Å². The third-order valence-corrected chi connectivity index (χ3v) is 4.31. The summed E-state index contributed by atoms with van der Waals surface area (Å²) in [5.74, 6) is 1.68. The number of likely N-dealkylation sites (N-methyl/N-ethyl adjacent to an activating group) is 1. The van der Waals surface area contributed by atoms with E-state index >= 15 is 0 Å². The highest BCUT2D eigenvalue weighted by Gasteiger charge is 2.27. The first-order valence-corrected chi connectivity index (χ1v) is 8.12. The Morgan fingerprint density at radius 2 is 2.36 bits per heavy atom. The summed E-state index contributed by atoms with van der Waals surface area (Å²) in [5.41, 5.74) is 0. The third kappa shape index (κ3) is 4.30. The van der Waals surface area contributed by atoms with Gasteiger partial charge in [-0.2, -0.15) is 0 Å². The number of rotatable bonds is 7. The second-order valence-electron chi connectivity index (χ2n) is 5.98. The molecule has 2 heterocycles. The lowest BCUT2D eigenvalue weighted by Crippen LogP contribution is -2.44. The maximum absolute atomic E-state index is 12.5. The van der Waals surface area contributed by atoms with Gasteiger partial charge in [-0.05, 0) is 26.8 Å². The van der Waals surface area contributed by atoms with Crippen molar-refractivity contribution in [2.75, 3.05) is 46.9 Å².